The zero-order valence-corrected chi connectivity index (χ0v) is 11.5. The first-order valence-corrected chi connectivity index (χ1v) is 6.87. The largest absolute Gasteiger partial charge is 0.381 e. The van der Waals surface area contributed by atoms with Gasteiger partial charge in [-0.05, 0) is 44.7 Å². The van der Waals surface area contributed by atoms with Gasteiger partial charge in [0.25, 0.3) is 0 Å². The highest BCUT2D eigenvalue weighted by atomic mass is 19.1. The van der Waals surface area contributed by atoms with Gasteiger partial charge in [-0.25, -0.2) is 8.78 Å². The van der Waals surface area contributed by atoms with Gasteiger partial charge in [-0.15, -0.1) is 0 Å². The van der Waals surface area contributed by atoms with E-state index < -0.39 is 11.6 Å². The molecule has 0 aromatic heterocycles. The maximum Gasteiger partial charge on any atom is 0.130 e. The predicted octanol–water partition coefficient (Wildman–Crippen LogP) is 3.43. The van der Waals surface area contributed by atoms with E-state index in [2.05, 4.69) is 12.2 Å². The molecule has 106 valence electrons. The second-order valence-electron chi connectivity index (χ2n) is 5.26. The lowest BCUT2D eigenvalue weighted by Gasteiger charge is -2.31. The monoisotopic (exact) mass is 269 g/mol. The number of halogens is 2. The molecule has 2 nitrogen and oxygen atoms in total. The Morgan fingerprint density at radius 3 is 2.32 bits per heavy atom. The molecule has 1 aliphatic rings. The Morgan fingerprint density at radius 1 is 1.16 bits per heavy atom. The fourth-order valence-electron chi connectivity index (χ4n) is 2.75. The van der Waals surface area contributed by atoms with Crippen molar-refractivity contribution in [3.05, 3.63) is 35.4 Å². The standard InChI is InChI=1S/C15H21F2NO/c1-10(12-6-8-19-9-7-12)18-11(2)15-13(16)4-3-5-14(15)17/h3-5,10-12,18H,6-9H2,1-2H3. The lowest BCUT2D eigenvalue weighted by Crippen LogP contribution is -2.38. The van der Waals surface area contributed by atoms with Gasteiger partial charge in [0, 0.05) is 30.9 Å². The molecule has 0 spiro atoms. The van der Waals surface area contributed by atoms with Crippen LogP contribution in [-0.4, -0.2) is 19.3 Å². The van der Waals surface area contributed by atoms with Gasteiger partial charge >= 0.3 is 0 Å². The van der Waals surface area contributed by atoms with Gasteiger partial charge in [0.05, 0.1) is 0 Å². The van der Waals surface area contributed by atoms with Crippen molar-refractivity contribution < 1.29 is 13.5 Å². The third-order valence-corrected chi connectivity index (χ3v) is 3.92. The average molecular weight is 269 g/mol. The number of benzene rings is 1. The summed E-state index contributed by atoms with van der Waals surface area (Å²) in [5.41, 5.74) is 0.126. The summed E-state index contributed by atoms with van der Waals surface area (Å²) in [6.45, 7) is 5.43. The van der Waals surface area contributed by atoms with Crippen LogP contribution in [0.1, 0.15) is 38.3 Å². The Bertz CT molecular complexity index is 398. The number of hydrogen-bond acceptors (Lipinski definition) is 2. The lowest BCUT2D eigenvalue weighted by molar-refractivity contribution is 0.0545. The van der Waals surface area contributed by atoms with E-state index in [9.17, 15) is 8.78 Å². The summed E-state index contributed by atoms with van der Waals surface area (Å²) < 4.78 is 32.7. The van der Waals surface area contributed by atoms with Crippen LogP contribution in [0.15, 0.2) is 18.2 Å². The maximum atomic E-state index is 13.7. The van der Waals surface area contributed by atoms with Crippen molar-refractivity contribution >= 4 is 0 Å². The van der Waals surface area contributed by atoms with E-state index in [0.717, 1.165) is 26.1 Å². The van der Waals surface area contributed by atoms with Crippen molar-refractivity contribution in [2.45, 2.75) is 38.8 Å². The van der Waals surface area contributed by atoms with Gasteiger partial charge in [0.2, 0.25) is 0 Å². The van der Waals surface area contributed by atoms with Gasteiger partial charge in [-0.3, -0.25) is 0 Å². The van der Waals surface area contributed by atoms with Crippen LogP contribution in [0.3, 0.4) is 0 Å². The van der Waals surface area contributed by atoms with Crippen molar-refractivity contribution in [1.82, 2.24) is 5.32 Å². The molecule has 2 atom stereocenters. The second-order valence-corrected chi connectivity index (χ2v) is 5.26. The maximum absolute atomic E-state index is 13.7. The molecule has 1 aromatic rings. The fraction of sp³-hybridized carbons (Fsp3) is 0.600. The molecule has 1 heterocycles. The number of ether oxygens (including phenoxy) is 1. The molecule has 1 aromatic carbocycles. The van der Waals surface area contributed by atoms with Crippen LogP contribution in [0, 0.1) is 17.6 Å². The van der Waals surface area contributed by atoms with Gasteiger partial charge < -0.3 is 10.1 Å². The molecule has 0 bridgehead atoms. The molecule has 2 rings (SSSR count). The zero-order chi connectivity index (χ0) is 13.8. The molecule has 1 fully saturated rings. The summed E-state index contributed by atoms with van der Waals surface area (Å²) >= 11 is 0. The van der Waals surface area contributed by atoms with Gasteiger partial charge in [0.15, 0.2) is 0 Å². The first-order valence-electron chi connectivity index (χ1n) is 6.87. The smallest absolute Gasteiger partial charge is 0.130 e. The van der Waals surface area contributed by atoms with Crippen LogP contribution >= 0.6 is 0 Å². The highest BCUT2D eigenvalue weighted by Crippen LogP contribution is 2.24. The van der Waals surface area contributed by atoms with E-state index in [1.807, 2.05) is 0 Å². The Hall–Kier alpha value is -1.00. The van der Waals surface area contributed by atoms with Crippen molar-refractivity contribution in [3.63, 3.8) is 0 Å². The van der Waals surface area contributed by atoms with E-state index in [4.69, 9.17) is 4.74 Å². The third kappa shape index (κ3) is 3.51. The normalized spacial score (nSPS) is 20.2. The number of nitrogens with one attached hydrogen (secondary N) is 1. The number of rotatable bonds is 4. The van der Waals surface area contributed by atoms with E-state index in [1.165, 1.54) is 18.2 Å². The lowest BCUT2D eigenvalue weighted by atomic mass is 9.92. The zero-order valence-electron chi connectivity index (χ0n) is 11.5. The summed E-state index contributed by atoms with van der Waals surface area (Å²) in [5, 5.41) is 3.31. The molecule has 1 aliphatic heterocycles. The molecule has 4 heteroatoms. The van der Waals surface area contributed by atoms with Crippen LogP contribution in [-0.2, 0) is 4.74 Å². The van der Waals surface area contributed by atoms with Gasteiger partial charge in [-0.1, -0.05) is 6.07 Å². The van der Waals surface area contributed by atoms with Gasteiger partial charge in [0.1, 0.15) is 11.6 Å². The first kappa shape index (κ1) is 14.4. The molecular weight excluding hydrogens is 248 g/mol. The number of hydrogen-bond donors (Lipinski definition) is 1. The summed E-state index contributed by atoms with van der Waals surface area (Å²) in [5.74, 6) is -0.468. The summed E-state index contributed by atoms with van der Waals surface area (Å²) in [7, 11) is 0. The molecule has 0 aliphatic carbocycles. The minimum Gasteiger partial charge on any atom is -0.381 e. The Morgan fingerprint density at radius 2 is 1.74 bits per heavy atom. The summed E-state index contributed by atoms with van der Waals surface area (Å²) in [6.07, 6.45) is 2.00. The topological polar surface area (TPSA) is 21.3 Å². The molecule has 0 saturated carbocycles. The van der Waals surface area contributed by atoms with Crippen molar-refractivity contribution in [2.75, 3.05) is 13.2 Å². The average Bonchev–Trinajstić information content (AvgIpc) is 2.39. The van der Waals surface area contributed by atoms with Crippen LogP contribution in [0.4, 0.5) is 8.78 Å². The Kier molecular flexibility index (Phi) is 4.88. The van der Waals surface area contributed by atoms with Crippen molar-refractivity contribution in [3.8, 4) is 0 Å². The molecule has 2 unspecified atom stereocenters. The fourth-order valence-corrected chi connectivity index (χ4v) is 2.75. The van der Waals surface area contributed by atoms with Gasteiger partial charge in [-0.2, -0.15) is 0 Å². The molecule has 19 heavy (non-hydrogen) atoms. The SMILES string of the molecule is CC(NC(C)C1CCOCC1)c1c(F)cccc1F. The molecule has 1 saturated heterocycles. The van der Waals surface area contributed by atoms with Crippen LogP contribution in [0.2, 0.25) is 0 Å². The van der Waals surface area contributed by atoms with Crippen LogP contribution in [0.25, 0.3) is 0 Å². The second kappa shape index (κ2) is 6.44. The van der Waals surface area contributed by atoms with E-state index in [-0.39, 0.29) is 17.6 Å². The van der Waals surface area contributed by atoms with Crippen molar-refractivity contribution in [2.24, 2.45) is 5.92 Å². The van der Waals surface area contributed by atoms with Crippen LogP contribution < -0.4 is 5.32 Å². The molecular formula is C15H21F2NO. The first-order chi connectivity index (χ1) is 9.09. The summed E-state index contributed by atoms with van der Waals surface area (Å²) in [6, 6.07) is 3.88. The predicted molar refractivity (Wildman–Crippen MR) is 70.9 cm³/mol. The van der Waals surface area contributed by atoms with E-state index >= 15 is 0 Å². The molecule has 0 amide bonds. The minimum atomic E-state index is -0.487. The van der Waals surface area contributed by atoms with E-state index in [1.54, 1.807) is 6.92 Å². The van der Waals surface area contributed by atoms with Crippen LogP contribution in [0.5, 0.6) is 0 Å². The van der Waals surface area contributed by atoms with E-state index in [0.29, 0.717) is 5.92 Å². The summed E-state index contributed by atoms with van der Waals surface area (Å²) in [4.78, 5) is 0. The molecule has 0 radical (unpaired) electrons. The quantitative estimate of drug-likeness (QED) is 0.904. The van der Waals surface area contributed by atoms with Crippen molar-refractivity contribution in [1.29, 1.82) is 0 Å². The molecule has 1 N–H and O–H groups in total. The highest BCUT2D eigenvalue weighted by molar-refractivity contribution is 5.22. The third-order valence-electron chi connectivity index (χ3n) is 3.92. The Balaban J connectivity index is 2.01. The Labute approximate surface area is 113 Å². The highest BCUT2D eigenvalue weighted by Gasteiger charge is 2.24. The minimum absolute atomic E-state index is 0.126.